The third kappa shape index (κ3) is 3.39. The Morgan fingerprint density at radius 3 is 2.50 bits per heavy atom. The smallest absolute Gasteiger partial charge is 0.175 e. The molecule has 1 unspecified atom stereocenters. The molecule has 4 heteroatoms. The molecule has 2 aromatic carbocycles. The number of halogens is 1. The first-order chi connectivity index (χ1) is 9.47. The van der Waals surface area contributed by atoms with Crippen LogP contribution in [0.25, 0.3) is 0 Å². The number of carbonyl (C=O) groups is 1. The normalized spacial score (nSPS) is 12.2. The topological polar surface area (TPSA) is 34.1 Å². The lowest BCUT2D eigenvalue weighted by molar-refractivity contribution is 0.102. The van der Waals surface area contributed by atoms with Crippen molar-refractivity contribution < 1.29 is 13.4 Å². The molecule has 20 heavy (non-hydrogen) atoms. The van der Waals surface area contributed by atoms with E-state index in [1.807, 2.05) is 26.0 Å². The lowest BCUT2D eigenvalue weighted by Crippen LogP contribution is -2.11. The van der Waals surface area contributed by atoms with Crippen molar-refractivity contribution in [1.82, 2.24) is 0 Å². The second-order valence-electron chi connectivity index (χ2n) is 4.67. The first kappa shape index (κ1) is 14.6. The maximum absolute atomic E-state index is 13.1. The van der Waals surface area contributed by atoms with Crippen LogP contribution in [-0.4, -0.2) is 15.7 Å². The van der Waals surface area contributed by atoms with Gasteiger partial charge in [0.25, 0.3) is 0 Å². The van der Waals surface area contributed by atoms with E-state index in [0.29, 0.717) is 4.90 Å². The zero-order valence-electron chi connectivity index (χ0n) is 11.4. The van der Waals surface area contributed by atoms with Gasteiger partial charge in [0.15, 0.2) is 5.78 Å². The SMILES string of the molecule is Cc1ccc(S(=O)CC(=O)c2cccc(F)c2)cc1C. The van der Waals surface area contributed by atoms with E-state index in [1.165, 1.54) is 24.3 Å². The average Bonchev–Trinajstić information content (AvgIpc) is 2.41. The van der Waals surface area contributed by atoms with Crippen molar-refractivity contribution in [1.29, 1.82) is 0 Å². The minimum absolute atomic E-state index is 0.133. The highest BCUT2D eigenvalue weighted by Crippen LogP contribution is 2.15. The molecule has 2 nitrogen and oxygen atoms in total. The fourth-order valence-corrected chi connectivity index (χ4v) is 2.90. The summed E-state index contributed by atoms with van der Waals surface area (Å²) in [6.07, 6.45) is 0. The van der Waals surface area contributed by atoms with E-state index in [4.69, 9.17) is 0 Å². The van der Waals surface area contributed by atoms with Crippen LogP contribution in [0.2, 0.25) is 0 Å². The molecule has 0 amide bonds. The lowest BCUT2D eigenvalue weighted by Gasteiger charge is -2.05. The van der Waals surface area contributed by atoms with Gasteiger partial charge in [0.2, 0.25) is 0 Å². The van der Waals surface area contributed by atoms with Gasteiger partial charge in [-0.1, -0.05) is 18.2 Å². The van der Waals surface area contributed by atoms with E-state index in [-0.39, 0.29) is 17.1 Å². The standard InChI is InChI=1S/C16H15FO2S/c1-11-6-7-15(8-12(11)2)20(19)10-16(18)13-4-3-5-14(17)9-13/h3-9H,10H2,1-2H3. The highest BCUT2D eigenvalue weighted by atomic mass is 32.2. The van der Waals surface area contributed by atoms with Gasteiger partial charge in [-0.25, -0.2) is 4.39 Å². The van der Waals surface area contributed by atoms with E-state index >= 15 is 0 Å². The van der Waals surface area contributed by atoms with Gasteiger partial charge in [0, 0.05) is 10.5 Å². The van der Waals surface area contributed by atoms with Crippen LogP contribution < -0.4 is 0 Å². The predicted octanol–water partition coefficient (Wildman–Crippen LogP) is 3.43. The monoisotopic (exact) mass is 290 g/mol. The second-order valence-corrected chi connectivity index (χ2v) is 6.12. The quantitative estimate of drug-likeness (QED) is 0.808. The summed E-state index contributed by atoms with van der Waals surface area (Å²) in [4.78, 5) is 12.6. The number of benzene rings is 2. The summed E-state index contributed by atoms with van der Waals surface area (Å²) in [6.45, 7) is 3.91. The average molecular weight is 290 g/mol. The van der Waals surface area contributed by atoms with Gasteiger partial charge in [-0.2, -0.15) is 0 Å². The van der Waals surface area contributed by atoms with Gasteiger partial charge in [-0.15, -0.1) is 0 Å². The third-order valence-electron chi connectivity index (χ3n) is 3.15. The van der Waals surface area contributed by atoms with Gasteiger partial charge in [-0.3, -0.25) is 9.00 Å². The number of carbonyl (C=O) groups excluding carboxylic acids is 1. The second kappa shape index (κ2) is 6.09. The van der Waals surface area contributed by atoms with E-state index < -0.39 is 16.6 Å². The van der Waals surface area contributed by atoms with E-state index in [0.717, 1.165) is 11.1 Å². The van der Waals surface area contributed by atoms with Crippen molar-refractivity contribution in [2.45, 2.75) is 18.7 Å². The van der Waals surface area contributed by atoms with Gasteiger partial charge >= 0.3 is 0 Å². The van der Waals surface area contributed by atoms with Crippen molar-refractivity contribution in [3.05, 3.63) is 65.0 Å². The summed E-state index contributed by atoms with van der Waals surface area (Å²) in [5, 5.41) is 0. The molecule has 0 aliphatic heterocycles. The maximum atomic E-state index is 13.1. The molecule has 0 spiro atoms. The van der Waals surface area contributed by atoms with Crippen LogP contribution >= 0.6 is 0 Å². The molecule has 2 aromatic rings. The number of Topliss-reactive ketones (excluding diaryl/α,β-unsaturated/α-hetero) is 1. The molecule has 0 N–H and O–H groups in total. The van der Waals surface area contributed by atoms with Crippen LogP contribution in [0.1, 0.15) is 21.5 Å². The van der Waals surface area contributed by atoms with Crippen molar-refractivity contribution >= 4 is 16.6 Å². The number of hydrogen-bond donors (Lipinski definition) is 0. The largest absolute Gasteiger partial charge is 0.293 e. The summed E-state index contributed by atoms with van der Waals surface area (Å²) in [5.74, 6) is -0.916. The van der Waals surface area contributed by atoms with E-state index in [1.54, 1.807) is 6.07 Å². The number of rotatable bonds is 4. The first-order valence-electron chi connectivity index (χ1n) is 6.22. The first-order valence-corrected chi connectivity index (χ1v) is 7.53. The molecule has 0 saturated heterocycles. The molecule has 1 atom stereocenters. The summed E-state index contributed by atoms with van der Waals surface area (Å²) >= 11 is 0. The Morgan fingerprint density at radius 1 is 1.10 bits per heavy atom. The fourth-order valence-electron chi connectivity index (χ4n) is 1.80. The van der Waals surface area contributed by atoms with E-state index in [2.05, 4.69) is 0 Å². The summed E-state index contributed by atoms with van der Waals surface area (Å²) in [6, 6.07) is 10.9. The highest BCUT2D eigenvalue weighted by Gasteiger charge is 2.13. The van der Waals surface area contributed by atoms with Gasteiger partial charge in [-0.05, 0) is 49.2 Å². The van der Waals surface area contributed by atoms with Crippen LogP contribution in [-0.2, 0) is 10.8 Å². The predicted molar refractivity (Wildman–Crippen MR) is 77.9 cm³/mol. The van der Waals surface area contributed by atoms with Crippen LogP contribution in [0.3, 0.4) is 0 Å². The minimum Gasteiger partial charge on any atom is -0.293 e. The Balaban J connectivity index is 2.15. The lowest BCUT2D eigenvalue weighted by atomic mass is 10.1. The Bertz CT molecular complexity index is 680. The van der Waals surface area contributed by atoms with Gasteiger partial charge in [0.1, 0.15) is 5.82 Å². The van der Waals surface area contributed by atoms with Crippen molar-refractivity contribution in [3.63, 3.8) is 0 Å². The third-order valence-corrected chi connectivity index (χ3v) is 4.45. The molecular formula is C16H15FO2S. The molecule has 0 saturated carbocycles. The fraction of sp³-hybridized carbons (Fsp3) is 0.188. The van der Waals surface area contributed by atoms with Gasteiger partial charge < -0.3 is 0 Å². The Kier molecular flexibility index (Phi) is 4.45. The summed E-state index contributed by atoms with van der Waals surface area (Å²) < 4.78 is 25.2. The van der Waals surface area contributed by atoms with Crippen LogP contribution in [0, 0.1) is 19.7 Å². The molecule has 0 bridgehead atoms. The van der Waals surface area contributed by atoms with E-state index in [9.17, 15) is 13.4 Å². The molecule has 0 fully saturated rings. The van der Waals surface area contributed by atoms with Gasteiger partial charge in [0.05, 0.1) is 16.6 Å². The van der Waals surface area contributed by atoms with Crippen LogP contribution in [0.5, 0.6) is 0 Å². The molecule has 0 aliphatic carbocycles. The zero-order chi connectivity index (χ0) is 14.7. The number of ketones is 1. The van der Waals surface area contributed by atoms with Crippen molar-refractivity contribution in [3.8, 4) is 0 Å². The van der Waals surface area contributed by atoms with Crippen LogP contribution in [0.4, 0.5) is 4.39 Å². The molecule has 0 heterocycles. The van der Waals surface area contributed by atoms with Crippen LogP contribution in [0.15, 0.2) is 47.4 Å². The highest BCUT2D eigenvalue weighted by molar-refractivity contribution is 7.85. The molecule has 0 aliphatic rings. The molecule has 104 valence electrons. The Labute approximate surface area is 120 Å². The molecule has 2 rings (SSSR count). The molecular weight excluding hydrogens is 275 g/mol. The molecule has 0 aromatic heterocycles. The van der Waals surface area contributed by atoms with Crippen molar-refractivity contribution in [2.24, 2.45) is 0 Å². The summed E-state index contributed by atoms with van der Waals surface area (Å²) in [5.41, 5.74) is 2.40. The van der Waals surface area contributed by atoms with Crippen molar-refractivity contribution in [2.75, 3.05) is 5.75 Å². The Hall–Kier alpha value is -1.81. The summed E-state index contributed by atoms with van der Waals surface area (Å²) in [7, 11) is -1.41. The zero-order valence-corrected chi connectivity index (χ0v) is 12.2. The Morgan fingerprint density at radius 2 is 1.85 bits per heavy atom. The number of aryl methyl sites for hydroxylation is 2. The number of hydrogen-bond acceptors (Lipinski definition) is 2. The minimum atomic E-state index is -1.41. The molecule has 0 radical (unpaired) electrons. The maximum Gasteiger partial charge on any atom is 0.175 e.